The predicted octanol–water partition coefficient (Wildman–Crippen LogP) is 3.22. The highest BCUT2D eigenvalue weighted by molar-refractivity contribution is 5.77. The molecule has 1 N–H and O–H groups in total. The Morgan fingerprint density at radius 3 is 2.90 bits per heavy atom. The summed E-state index contributed by atoms with van der Waals surface area (Å²) in [5.41, 5.74) is 3.76. The maximum absolute atomic E-state index is 5.80. The second-order valence-electron chi connectivity index (χ2n) is 4.58. The maximum Gasteiger partial charge on any atom is 0.227 e. The molecule has 102 valence electrons. The van der Waals surface area contributed by atoms with Crippen molar-refractivity contribution < 1.29 is 9.15 Å². The van der Waals surface area contributed by atoms with Crippen LogP contribution in [0.3, 0.4) is 0 Å². The van der Waals surface area contributed by atoms with E-state index in [2.05, 4.69) is 10.3 Å². The SMILES string of the molecule is CNCc1ccc2oc(-c3cccc(OC)c3)nc2c1. The summed E-state index contributed by atoms with van der Waals surface area (Å²) in [5, 5.41) is 3.13. The third-order valence-corrected chi connectivity index (χ3v) is 3.15. The quantitative estimate of drug-likeness (QED) is 0.789. The van der Waals surface area contributed by atoms with Gasteiger partial charge in [0.25, 0.3) is 0 Å². The summed E-state index contributed by atoms with van der Waals surface area (Å²) in [6.45, 7) is 0.817. The number of methoxy groups -OCH3 is 1. The smallest absolute Gasteiger partial charge is 0.227 e. The number of nitrogens with zero attached hydrogens (tertiary/aromatic N) is 1. The highest BCUT2D eigenvalue weighted by atomic mass is 16.5. The van der Waals surface area contributed by atoms with Crippen molar-refractivity contribution in [3.63, 3.8) is 0 Å². The van der Waals surface area contributed by atoms with E-state index in [1.165, 1.54) is 5.56 Å². The minimum absolute atomic E-state index is 0.612. The molecular formula is C16H16N2O2. The van der Waals surface area contributed by atoms with Crippen LogP contribution >= 0.6 is 0 Å². The number of rotatable bonds is 4. The van der Waals surface area contributed by atoms with Gasteiger partial charge in [0.15, 0.2) is 5.58 Å². The molecule has 1 aromatic heterocycles. The summed E-state index contributed by atoms with van der Waals surface area (Å²) in [5.74, 6) is 1.40. The zero-order chi connectivity index (χ0) is 13.9. The second kappa shape index (κ2) is 5.35. The Morgan fingerprint density at radius 1 is 1.20 bits per heavy atom. The fourth-order valence-electron chi connectivity index (χ4n) is 2.17. The number of hydrogen-bond acceptors (Lipinski definition) is 4. The van der Waals surface area contributed by atoms with Gasteiger partial charge >= 0.3 is 0 Å². The van der Waals surface area contributed by atoms with Gasteiger partial charge in [-0.2, -0.15) is 0 Å². The number of benzene rings is 2. The van der Waals surface area contributed by atoms with Crippen LogP contribution in [0.1, 0.15) is 5.56 Å². The van der Waals surface area contributed by atoms with Gasteiger partial charge in [0.2, 0.25) is 5.89 Å². The van der Waals surface area contributed by atoms with Crippen LogP contribution < -0.4 is 10.1 Å². The van der Waals surface area contributed by atoms with Crippen LogP contribution in [-0.2, 0) is 6.54 Å². The summed E-state index contributed by atoms with van der Waals surface area (Å²) in [6, 6.07) is 13.7. The van der Waals surface area contributed by atoms with E-state index in [0.29, 0.717) is 5.89 Å². The van der Waals surface area contributed by atoms with E-state index in [1.54, 1.807) is 7.11 Å². The summed E-state index contributed by atoms with van der Waals surface area (Å²) in [7, 11) is 3.57. The van der Waals surface area contributed by atoms with E-state index >= 15 is 0 Å². The highest BCUT2D eigenvalue weighted by Crippen LogP contribution is 2.27. The molecule has 0 saturated carbocycles. The number of oxazole rings is 1. The van der Waals surface area contributed by atoms with Crippen LogP contribution in [-0.4, -0.2) is 19.1 Å². The van der Waals surface area contributed by atoms with Crippen LogP contribution in [0.15, 0.2) is 46.9 Å². The topological polar surface area (TPSA) is 47.3 Å². The molecule has 0 aliphatic rings. The Morgan fingerprint density at radius 2 is 2.10 bits per heavy atom. The molecule has 0 atom stereocenters. The maximum atomic E-state index is 5.80. The molecule has 0 spiro atoms. The van der Waals surface area contributed by atoms with Gasteiger partial charge in [-0.1, -0.05) is 12.1 Å². The molecule has 0 bridgehead atoms. The van der Waals surface area contributed by atoms with Crippen molar-refractivity contribution in [3.05, 3.63) is 48.0 Å². The summed E-state index contributed by atoms with van der Waals surface area (Å²) in [6.07, 6.45) is 0. The Labute approximate surface area is 117 Å². The van der Waals surface area contributed by atoms with Gasteiger partial charge in [0.05, 0.1) is 7.11 Å². The Balaban J connectivity index is 2.03. The zero-order valence-electron chi connectivity index (χ0n) is 11.5. The van der Waals surface area contributed by atoms with E-state index in [4.69, 9.17) is 9.15 Å². The van der Waals surface area contributed by atoms with Crippen molar-refractivity contribution in [3.8, 4) is 17.2 Å². The van der Waals surface area contributed by atoms with Crippen LogP contribution in [0, 0.1) is 0 Å². The zero-order valence-corrected chi connectivity index (χ0v) is 11.5. The number of nitrogens with one attached hydrogen (secondary N) is 1. The third kappa shape index (κ3) is 2.38. The molecule has 0 aliphatic heterocycles. The first-order valence-corrected chi connectivity index (χ1v) is 6.48. The molecule has 0 saturated heterocycles. The van der Waals surface area contributed by atoms with Crippen LogP contribution in [0.25, 0.3) is 22.6 Å². The molecule has 3 rings (SSSR count). The highest BCUT2D eigenvalue weighted by Gasteiger charge is 2.09. The lowest BCUT2D eigenvalue weighted by Gasteiger charge is -2.00. The summed E-state index contributed by atoms with van der Waals surface area (Å²) in [4.78, 5) is 4.55. The Kier molecular flexibility index (Phi) is 3.39. The van der Waals surface area contributed by atoms with Crippen molar-refractivity contribution >= 4 is 11.1 Å². The number of hydrogen-bond donors (Lipinski definition) is 1. The third-order valence-electron chi connectivity index (χ3n) is 3.15. The monoisotopic (exact) mass is 268 g/mol. The van der Waals surface area contributed by atoms with Gasteiger partial charge in [-0.25, -0.2) is 4.98 Å². The molecule has 3 aromatic rings. The van der Waals surface area contributed by atoms with Crippen molar-refractivity contribution in [2.24, 2.45) is 0 Å². The van der Waals surface area contributed by atoms with Crippen LogP contribution in [0.2, 0.25) is 0 Å². The fraction of sp³-hybridized carbons (Fsp3) is 0.188. The first-order chi connectivity index (χ1) is 9.80. The van der Waals surface area contributed by atoms with Gasteiger partial charge < -0.3 is 14.5 Å². The number of fused-ring (bicyclic) bond motifs is 1. The van der Waals surface area contributed by atoms with Gasteiger partial charge in [-0.05, 0) is 42.9 Å². The van der Waals surface area contributed by atoms with Crippen LogP contribution in [0.5, 0.6) is 5.75 Å². The van der Waals surface area contributed by atoms with Gasteiger partial charge in [0, 0.05) is 12.1 Å². The summed E-state index contributed by atoms with van der Waals surface area (Å²) < 4.78 is 11.0. The van der Waals surface area contributed by atoms with Gasteiger partial charge in [-0.3, -0.25) is 0 Å². The first-order valence-electron chi connectivity index (χ1n) is 6.48. The van der Waals surface area contributed by atoms with E-state index < -0.39 is 0 Å². The van der Waals surface area contributed by atoms with E-state index in [1.807, 2.05) is 49.5 Å². The number of aromatic nitrogens is 1. The van der Waals surface area contributed by atoms with Crippen molar-refractivity contribution in [1.29, 1.82) is 0 Å². The molecule has 1 heterocycles. The van der Waals surface area contributed by atoms with Crippen molar-refractivity contribution in [2.75, 3.05) is 14.2 Å². The standard InChI is InChI=1S/C16H16N2O2/c1-17-10-11-6-7-15-14(8-11)18-16(20-15)12-4-3-5-13(9-12)19-2/h3-9,17H,10H2,1-2H3. The molecule has 4 heteroatoms. The molecular weight excluding hydrogens is 252 g/mol. The molecule has 0 unspecified atom stereocenters. The summed E-state index contributed by atoms with van der Waals surface area (Å²) >= 11 is 0. The molecule has 0 aliphatic carbocycles. The van der Waals surface area contributed by atoms with Gasteiger partial charge in [0.1, 0.15) is 11.3 Å². The van der Waals surface area contributed by atoms with Crippen molar-refractivity contribution in [2.45, 2.75) is 6.54 Å². The average molecular weight is 268 g/mol. The molecule has 4 nitrogen and oxygen atoms in total. The minimum Gasteiger partial charge on any atom is -0.497 e. The fourth-order valence-corrected chi connectivity index (χ4v) is 2.17. The normalized spacial score (nSPS) is 10.9. The largest absolute Gasteiger partial charge is 0.497 e. The molecule has 20 heavy (non-hydrogen) atoms. The lowest BCUT2D eigenvalue weighted by molar-refractivity contribution is 0.415. The lowest BCUT2D eigenvalue weighted by atomic mass is 10.2. The minimum atomic E-state index is 0.612. The molecule has 0 radical (unpaired) electrons. The molecule has 2 aromatic carbocycles. The van der Waals surface area contributed by atoms with Crippen molar-refractivity contribution in [1.82, 2.24) is 10.3 Å². The van der Waals surface area contributed by atoms with E-state index in [9.17, 15) is 0 Å². The average Bonchev–Trinajstić information content (AvgIpc) is 2.91. The van der Waals surface area contributed by atoms with E-state index in [-0.39, 0.29) is 0 Å². The number of ether oxygens (including phenoxy) is 1. The lowest BCUT2D eigenvalue weighted by Crippen LogP contribution is -2.04. The van der Waals surface area contributed by atoms with E-state index in [0.717, 1.165) is 29.0 Å². The predicted molar refractivity (Wildman–Crippen MR) is 78.8 cm³/mol. The molecule has 0 fully saturated rings. The van der Waals surface area contributed by atoms with Crippen LogP contribution in [0.4, 0.5) is 0 Å². The Hall–Kier alpha value is -2.33. The van der Waals surface area contributed by atoms with Gasteiger partial charge in [-0.15, -0.1) is 0 Å². The Bertz CT molecular complexity index is 734. The second-order valence-corrected chi connectivity index (χ2v) is 4.58. The first kappa shape index (κ1) is 12.7. The molecule has 0 amide bonds.